The normalized spacial score (nSPS) is 12.4. The molecule has 0 radical (unpaired) electrons. The van der Waals surface area contributed by atoms with Crippen molar-refractivity contribution >= 4 is 11.8 Å². The van der Waals surface area contributed by atoms with Crippen molar-refractivity contribution < 1.29 is 14.3 Å². The molecule has 1 rings (SSSR count). The molecular formula is C23H39N3O3. The Morgan fingerprint density at radius 3 is 2.41 bits per heavy atom. The van der Waals surface area contributed by atoms with Crippen LogP contribution in [0.3, 0.4) is 0 Å². The molecule has 0 spiro atoms. The van der Waals surface area contributed by atoms with Gasteiger partial charge in [0.2, 0.25) is 11.8 Å². The van der Waals surface area contributed by atoms with E-state index in [0.717, 1.165) is 43.4 Å². The van der Waals surface area contributed by atoms with Crippen molar-refractivity contribution in [3.05, 3.63) is 29.3 Å². The van der Waals surface area contributed by atoms with Gasteiger partial charge in [-0.15, -0.1) is 0 Å². The van der Waals surface area contributed by atoms with Crippen molar-refractivity contribution in [2.75, 3.05) is 13.2 Å². The summed E-state index contributed by atoms with van der Waals surface area (Å²) in [5.74, 6) is 0.297. The fraction of sp³-hybridized carbons (Fsp3) is 0.652. The first kappa shape index (κ1) is 25.0. The van der Waals surface area contributed by atoms with E-state index >= 15 is 0 Å². The average Bonchev–Trinajstić information content (AvgIpc) is 2.64. The zero-order valence-corrected chi connectivity index (χ0v) is 18.6. The summed E-state index contributed by atoms with van der Waals surface area (Å²) in [4.78, 5) is 23.5. The number of carbonyl (C=O) groups is 2. The monoisotopic (exact) mass is 405 g/mol. The predicted octanol–water partition coefficient (Wildman–Crippen LogP) is 3.33. The third-order valence-electron chi connectivity index (χ3n) is 4.97. The van der Waals surface area contributed by atoms with Gasteiger partial charge in [-0.3, -0.25) is 9.59 Å². The second kappa shape index (κ2) is 12.5. The van der Waals surface area contributed by atoms with Gasteiger partial charge < -0.3 is 21.5 Å². The molecule has 164 valence electrons. The lowest BCUT2D eigenvalue weighted by atomic mass is 9.86. The zero-order chi connectivity index (χ0) is 21.9. The molecule has 0 aromatic heterocycles. The molecule has 5 N–H and O–H groups in total. The molecule has 6 heteroatoms. The maximum Gasteiger partial charge on any atom is 0.239 e. The number of rotatable bonds is 13. The number of hydrogen-bond donors (Lipinski definition) is 3. The number of aryl methyl sites for hydroxylation is 1. The molecule has 0 aliphatic rings. The van der Waals surface area contributed by atoms with Crippen molar-refractivity contribution in [3.63, 3.8) is 0 Å². The molecule has 0 saturated heterocycles. The van der Waals surface area contributed by atoms with Crippen molar-refractivity contribution in [1.82, 2.24) is 5.32 Å². The Morgan fingerprint density at radius 1 is 1.10 bits per heavy atom. The highest BCUT2D eigenvalue weighted by atomic mass is 16.5. The van der Waals surface area contributed by atoms with Gasteiger partial charge in [0.05, 0.1) is 6.61 Å². The second-order valence-electron chi connectivity index (χ2n) is 8.70. The van der Waals surface area contributed by atoms with Crippen LogP contribution >= 0.6 is 0 Å². The molecule has 0 heterocycles. The summed E-state index contributed by atoms with van der Waals surface area (Å²) in [6, 6.07) is 5.74. The van der Waals surface area contributed by atoms with E-state index in [9.17, 15) is 9.59 Å². The quantitative estimate of drug-likeness (QED) is 0.437. The topological polar surface area (TPSA) is 107 Å². The van der Waals surface area contributed by atoms with E-state index < -0.39 is 11.9 Å². The number of nitrogens with two attached hydrogens (primary N) is 2. The Bertz CT molecular complexity index is 653. The summed E-state index contributed by atoms with van der Waals surface area (Å²) < 4.78 is 5.89. The van der Waals surface area contributed by atoms with Gasteiger partial charge in [-0.05, 0) is 74.6 Å². The van der Waals surface area contributed by atoms with Crippen LogP contribution in [0, 0.1) is 6.92 Å². The third-order valence-corrected chi connectivity index (χ3v) is 4.97. The van der Waals surface area contributed by atoms with E-state index in [2.05, 4.69) is 45.1 Å². The third kappa shape index (κ3) is 9.79. The van der Waals surface area contributed by atoms with Crippen LogP contribution in [0.2, 0.25) is 0 Å². The number of benzene rings is 1. The second-order valence-corrected chi connectivity index (χ2v) is 8.70. The van der Waals surface area contributed by atoms with Gasteiger partial charge in [0.1, 0.15) is 11.8 Å². The summed E-state index contributed by atoms with van der Waals surface area (Å²) in [7, 11) is 0. The number of nitrogens with one attached hydrogen (secondary N) is 1. The molecule has 29 heavy (non-hydrogen) atoms. The largest absolute Gasteiger partial charge is 0.493 e. The first-order chi connectivity index (χ1) is 13.6. The molecule has 6 nitrogen and oxygen atoms in total. The van der Waals surface area contributed by atoms with Crippen molar-refractivity contribution in [1.29, 1.82) is 0 Å². The Hall–Kier alpha value is -2.08. The van der Waals surface area contributed by atoms with Crippen LogP contribution in [-0.2, 0) is 15.0 Å². The molecule has 0 fully saturated rings. The van der Waals surface area contributed by atoms with Crippen LogP contribution < -0.4 is 21.5 Å². The van der Waals surface area contributed by atoms with Gasteiger partial charge in [0.25, 0.3) is 0 Å². The predicted molar refractivity (Wildman–Crippen MR) is 118 cm³/mol. The van der Waals surface area contributed by atoms with Gasteiger partial charge in [0.15, 0.2) is 0 Å². The summed E-state index contributed by atoms with van der Waals surface area (Å²) in [5.41, 5.74) is 13.4. The summed E-state index contributed by atoms with van der Waals surface area (Å²) in [6.45, 7) is 9.86. The smallest absolute Gasteiger partial charge is 0.239 e. The highest BCUT2D eigenvalue weighted by molar-refractivity contribution is 5.86. The molecule has 1 aromatic rings. The van der Waals surface area contributed by atoms with Crippen LogP contribution in [0.5, 0.6) is 5.75 Å². The molecule has 0 bridgehead atoms. The van der Waals surface area contributed by atoms with Crippen LogP contribution in [0.25, 0.3) is 0 Å². The van der Waals surface area contributed by atoms with Gasteiger partial charge in [0, 0.05) is 6.42 Å². The first-order valence-corrected chi connectivity index (χ1v) is 10.7. The molecule has 0 aliphatic carbocycles. The Balaban J connectivity index is 2.26. The standard InChI is InChI=1S/C23H39N3O3/c1-17-16-18(23(2,3)4)12-13-20(17)29-15-9-5-6-11-21(27)26-19(22(25)28)10-7-8-14-24/h12-13,16,19H,5-11,14-15,24H2,1-4H3,(H2,25,28)(H,26,27). The van der Waals surface area contributed by atoms with Crippen LogP contribution in [0.4, 0.5) is 0 Å². The molecule has 0 aliphatic heterocycles. The van der Waals surface area contributed by atoms with Crippen LogP contribution in [0.15, 0.2) is 18.2 Å². The lowest BCUT2D eigenvalue weighted by Crippen LogP contribution is -2.44. The lowest BCUT2D eigenvalue weighted by molar-refractivity contribution is -0.127. The highest BCUT2D eigenvalue weighted by Crippen LogP contribution is 2.27. The number of amides is 2. The van der Waals surface area contributed by atoms with Gasteiger partial charge >= 0.3 is 0 Å². The zero-order valence-electron chi connectivity index (χ0n) is 18.6. The van der Waals surface area contributed by atoms with Gasteiger partial charge in [-0.2, -0.15) is 0 Å². The molecule has 2 amide bonds. The molecule has 1 atom stereocenters. The lowest BCUT2D eigenvalue weighted by Gasteiger charge is -2.20. The van der Waals surface area contributed by atoms with Crippen molar-refractivity contribution in [2.24, 2.45) is 11.5 Å². The van der Waals surface area contributed by atoms with Crippen LogP contribution in [-0.4, -0.2) is 31.0 Å². The Kier molecular flexibility index (Phi) is 10.7. The van der Waals surface area contributed by atoms with Gasteiger partial charge in [-0.1, -0.05) is 32.9 Å². The van der Waals surface area contributed by atoms with Crippen molar-refractivity contribution in [3.8, 4) is 5.75 Å². The summed E-state index contributed by atoms with van der Waals surface area (Å²) in [6.07, 6.45) is 5.05. The Labute approximate surface area is 175 Å². The van der Waals surface area contributed by atoms with Gasteiger partial charge in [-0.25, -0.2) is 0 Å². The fourth-order valence-electron chi connectivity index (χ4n) is 3.07. The highest BCUT2D eigenvalue weighted by Gasteiger charge is 2.17. The van der Waals surface area contributed by atoms with E-state index in [0.29, 0.717) is 26.0 Å². The maximum atomic E-state index is 12.0. The molecule has 1 aromatic carbocycles. The van der Waals surface area contributed by atoms with E-state index in [4.69, 9.17) is 16.2 Å². The van der Waals surface area contributed by atoms with E-state index in [1.165, 1.54) is 5.56 Å². The van der Waals surface area contributed by atoms with E-state index in [1.807, 2.05) is 6.07 Å². The number of unbranched alkanes of at least 4 members (excludes halogenated alkanes) is 3. The van der Waals surface area contributed by atoms with E-state index in [-0.39, 0.29) is 11.3 Å². The molecule has 1 unspecified atom stereocenters. The fourth-order valence-corrected chi connectivity index (χ4v) is 3.07. The summed E-state index contributed by atoms with van der Waals surface area (Å²) >= 11 is 0. The minimum absolute atomic E-state index is 0.127. The minimum atomic E-state index is -0.601. The summed E-state index contributed by atoms with van der Waals surface area (Å²) in [5, 5.41) is 2.73. The maximum absolute atomic E-state index is 12.0. The molecule has 0 saturated carbocycles. The number of primary amides is 1. The number of ether oxygens (including phenoxy) is 1. The number of hydrogen-bond acceptors (Lipinski definition) is 4. The van der Waals surface area contributed by atoms with E-state index in [1.54, 1.807) is 0 Å². The SMILES string of the molecule is Cc1cc(C(C)(C)C)ccc1OCCCCCC(=O)NC(CCCCN)C(N)=O. The molecular weight excluding hydrogens is 366 g/mol. The Morgan fingerprint density at radius 2 is 1.83 bits per heavy atom. The average molecular weight is 406 g/mol. The first-order valence-electron chi connectivity index (χ1n) is 10.7. The van der Waals surface area contributed by atoms with Crippen LogP contribution in [0.1, 0.15) is 76.8 Å². The van der Waals surface area contributed by atoms with Crippen molar-refractivity contribution in [2.45, 2.75) is 84.1 Å². The number of carbonyl (C=O) groups excluding carboxylic acids is 2. The minimum Gasteiger partial charge on any atom is -0.493 e.